The van der Waals surface area contributed by atoms with Crippen LogP contribution in [-0.4, -0.2) is 57.0 Å². The Morgan fingerprint density at radius 2 is 1.50 bits per heavy atom. The molecule has 6 unspecified atom stereocenters. The van der Waals surface area contributed by atoms with E-state index in [0.29, 0.717) is 28.4 Å². The molecule has 11 nitrogen and oxygen atoms in total. The molecule has 1 aromatic heterocycles. The number of nitrogens with zero attached hydrogens (tertiary/aromatic N) is 2. The first kappa shape index (κ1) is 33.5. The van der Waals surface area contributed by atoms with Crippen LogP contribution in [0.2, 0.25) is 0 Å². The minimum Gasteiger partial charge on any atom is -0.491 e. The second-order valence-corrected chi connectivity index (χ2v) is 13.8. The zero-order valence-corrected chi connectivity index (χ0v) is 29.1. The van der Waals surface area contributed by atoms with Crippen molar-refractivity contribution in [1.29, 1.82) is 0 Å². The first-order valence-corrected chi connectivity index (χ1v) is 18.0. The van der Waals surface area contributed by atoms with Gasteiger partial charge in [-0.05, 0) is 52.6 Å². The van der Waals surface area contributed by atoms with E-state index in [1.165, 1.54) is 0 Å². The molecular weight excluding hydrogens is 683 g/mol. The highest BCUT2D eigenvalue weighted by Gasteiger charge is 2.74. The average molecular weight is 720 g/mol. The number of rotatable bonds is 9. The molecule has 0 saturated carbocycles. The lowest BCUT2D eigenvalue weighted by Gasteiger charge is -2.46. The lowest BCUT2D eigenvalue weighted by atomic mass is 9.65. The molecule has 9 rings (SSSR count). The molecule has 0 radical (unpaired) electrons. The van der Waals surface area contributed by atoms with Gasteiger partial charge in [-0.15, -0.1) is 0 Å². The third kappa shape index (κ3) is 5.35. The van der Waals surface area contributed by atoms with Crippen LogP contribution in [-0.2, 0) is 31.1 Å². The van der Waals surface area contributed by atoms with Crippen LogP contribution in [0.5, 0.6) is 5.75 Å². The van der Waals surface area contributed by atoms with Crippen LogP contribution < -0.4 is 15.4 Å². The number of aromatic amines is 1. The van der Waals surface area contributed by atoms with Crippen LogP contribution in [0.15, 0.2) is 133 Å². The second-order valence-electron chi connectivity index (χ2n) is 13.8. The fourth-order valence-electron chi connectivity index (χ4n) is 8.83. The summed E-state index contributed by atoms with van der Waals surface area (Å²) >= 11 is 0. The van der Waals surface area contributed by atoms with Crippen molar-refractivity contribution in [3.05, 3.63) is 162 Å². The minimum atomic E-state index is -1.58. The number of H-pyrrole nitrogens is 1. The van der Waals surface area contributed by atoms with Crippen molar-refractivity contribution in [2.75, 3.05) is 18.5 Å². The highest BCUT2D eigenvalue weighted by molar-refractivity contribution is 6.12. The van der Waals surface area contributed by atoms with Crippen molar-refractivity contribution in [2.45, 2.75) is 36.2 Å². The summed E-state index contributed by atoms with van der Waals surface area (Å²) in [7, 11) is 0. The molecule has 3 aliphatic heterocycles. The van der Waals surface area contributed by atoms with Crippen molar-refractivity contribution >= 4 is 34.5 Å². The Morgan fingerprint density at radius 1 is 0.815 bits per heavy atom. The number of cyclic esters (lactones) is 1. The van der Waals surface area contributed by atoms with Crippen molar-refractivity contribution in [1.82, 2.24) is 20.2 Å². The van der Waals surface area contributed by atoms with Gasteiger partial charge in [-0.25, -0.2) is 4.98 Å². The molecule has 3 aliphatic rings. The molecule has 270 valence electrons. The summed E-state index contributed by atoms with van der Waals surface area (Å²) in [4.78, 5) is 54.9. The Morgan fingerprint density at radius 3 is 2.24 bits per heavy atom. The Hall–Kier alpha value is -6.30. The number of aliphatic hydroxyl groups excluding tert-OH is 1. The number of nitrogens with one attached hydrogen (secondary N) is 3. The van der Waals surface area contributed by atoms with E-state index in [9.17, 15) is 9.90 Å². The Labute approximate surface area is 310 Å². The van der Waals surface area contributed by atoms with Crippen LogP contribution in [0.1, 0.15) is 46.3 Å². The number of ether oxygens (including phenoxy) is 2. The van der Waals surface area contributed by atoms with Crippen molar-refractivity contribution in [3.8, 4) is 5.75 Å². The van der Waals surface area contributed by atoms with Gasteiger partial charge in [-0.2, -0.15) is 0 Å². The molecule has 11 heteroatoms. The van der Waals surface area contributed by atoms with Gasteiger partial charge in [-0.1, -0.05) is 103 Å². The molecule has 2 fully saturated rings. The molecule has 0 aliphatic carbocycles. The van der Waals surface area contributed by atoms with Crippen molar-refractivity contribution < 1.29 is 29.0 Å². The number of aromatic nitrogens is 2. The summed E-state index contributed by atoms with van der Waals surface area (Å²) in [6.07, 6.45) is -0.763. The molecule has 0 bridgehead atoms. The number of morpholine rings is 1. The topological polar surface area (TPSA) is 146 Å². The quantitative estimate of drug-likeness (QED) is 0.143. The van der Waals surface area contributed by atoms with Gasteiger partial charge in [0.15, 0.2) is 0 Å². The first-order valence-electron chi connectivity index (χ1n) is 18.0. The standard InChI is InChI=1S/C43H37N5O6/c49-23-24-53-29-21-19-28(20-22-29)39-43(30-15-7-8-16-31(30)47-42(43)52)35(40(50)44-25-34-45-32-17-9-10-18-33(32)46-34)37-41(51)54-38(27-13-5-2-6-14-27)36(48(37)39)26-11-3-1-4-12-26/h1-22,35-39,49H,23-25H2,(H,44,50)(H,45,46)(H,47,52). The second kappa shape index (κ2) is 13.6. The molecular formula is C43H37N5O6. The zero-order chi connectivity index (χ0) is 36.8. The van der Waals surface area contributed by atoms with E-state index in [1.54, 1.807) is 12.1 Å². The number of carbonyl (C=O) groups is 3. The third-order valence-electron chi connectivity index (χ3n) is 10.9. The predicted molar refractivity (Wildman–Crippen MR) is 200 cm³/mol. The molecule has 54 heavy (non-hydrogen) atoms. The number of anilines is 1. The van der Waals surface area contributed by atoms with Gasteiger partial charge in [0.25, 0.3) is 0 Å². The smallest absolute Gasteiger partial charge is 0.324 e. The van der Waals surface area contributed by atoms with Crippen LogP contribution in [0.3, 0.4) is 0 Å². The van der Waals surface area contributed by atoms with E-state index in [0.717, 1.165) is 22.2 Å². The van der Waals surface area contributed by atoms with Crippen LogP contribution in [0, 0.1) is 5.92 Å². The molecule has 1 spiro atoms. The Balaban J connectivity index is 1.26. The summed E-state index contributed by atoms with van der Waals surface area (Å²) in [6.45, 7) is 0.0127. The molecule has 4 N–H and O–H groups in total. The molecule has 6 atom stereocenters. The largest absolute Gasteiger partial charge is 0.491 e. The molecule has 2 amide bonds. The number of amides is 2. The molecule has 4 heterocycles. The fourth-order valence-corrected chi connectivity index (χ4v) is 8.83. The monoisotopic (exact) mass is 719 g/mol. The van der Waals surface area contributed by atoms with Crippen LogP contribution in [0.4, 0.5) is 5.69 Å². The van der Waals surface area contributed by atoms with Gasteiger partial charge in [0.2, 0.25) is 11.8 Å². The van der Waals surface area contributed by atoms with E-state index in [1.807, 2.05) is 121 Å². The van der Waals surface area contributed by atoms with Gasteiger partial charge in [0.1, 0.15) is 35.7 Å². The zero-order valence-electron chi connectivity index (χ0n) is 29.1. The summed E-state index contributed by atoms with van der Waals surface area (Å²) < 4.78 is 12.2. The van der Waals surface area contributed by atoms with E-state index in [-0.39, 0.29) is 25.7 Å². The van der Waals surface area contributed by atoms with Gasteiger partial charge in [0, 0.05) is 5.69 Å². The highest BCUT2D eigenvalue weighted by Crippen LogP contribution is 2.64. The van der Waals surface area contributed by atoms with Gasteiger partial charge >= 0.3 is 5.97 Å². The van der Waals surface area contributed by atoms with E-state index < -0.39 is 47.4 Å². The SMILES string of the molecule is O=C1OC(c2ccccc2)C(c2ccccc2)N2C1C(C(=O)NCc1nc3ccccc3[nH]1)C1(C(=O)Nc3ccccc31)C2c1ccc(OCCO)cc1. The minimum absolute atomic E-state index is 0.0431. The number of fused-ring (bicyclic) bond motifs is 4. The van der Waals surface area contributed by atoms with Crippen molar-refractivity contribution in [3.63, 3.8) is 0 Å². The normalized spacial score (nSPS) is 24.5. The van der Waals surface area contributed by atoms with E-state index in [2.05, 4.69) is 25.5 Å². The average Bonchev–Trinajstić information content (AvgIpc) is 3.87. The number of aliphatic hydroxyl groups is 1. The molecule has 5 aromatic carbocycles. The number of hydrogen-bond donors (Lipinski definition) is 4. The molecule has 2 saturated heterocycles. The number of hydrogen-bond acceptors (Lipinski definition) is 8. The Bertz CT molecular complexity index is 2320. The first-order chi connectivity index (χ1) is 26.5. The number of benzene rings is 5. The van der Waals surface area contributed by atoms with Crippen molar-refractivity contribution in [2.24, 2.45) is 5.92 Å². The summed E-state index contributed by atoms with van der Waals surface area (Å²) in [6, 6.07) is 39.1. The fraction of sp³-hybridized carbons (Fsp3) is 0.209. The maximum Gasteiger partial charge on any atom is 0.324 e. The number of carbonyl (C=O) groups excluding carboxylic acids is 3. The van der Waals surface area contributed by atoms with Gasteiger partial charge < -0.3 is 30.2 Å². The number of para-hydroxylation sites is 3. The van der Waals surface area contributed by atoms with Gasteiger partial charge in [-0.3, -0.25) is 19.3 Å². The lowest BCUT2D eigenvalue weighted by Crippen LogP contribution is -2.54. The Kier molecular flexibility index (Phi) is 8.44. The number of esters is 1. The van der Waals surface area contributed by atoms with Crippen LogP contribution >= 0.6 is 0 Å². The summed E-state index contributed by atoms with van der Waals surface area (Å²) in [5.74, 6) is -1.61. The molecule has 6 aromatic rings. The predicted octanol–water partition coefficient (Wildman–Crippen LogP) is 5.52. The van der Waals surface area contributed by atoms with Crippen LogP contribution in [0.25, 0.3) is 11.0 Å². The highest BCUT2D eigenvalue weighted by atomic mass is 16.6. The maximum absolute atomic E-state index is 15.1. The maximum atomic E-state index is 15.1. The number of imidazole rings is 1. The third-order valence-corrected chi connectivity index (χ3v) is 10.9. The van der Waals surface area contributed by atoms with Gasteiger partial charge in [0.05, 0.1) is 42.2 Å². The lowest BCUT2D eigenvalue weighted by molar-refractivity contribution is -0.178. The summed E-state index contributed by atoms with van der Waals surface area (Å²) in [5.41, 5.74) is 3.56. The van der Waals surface area contributed by atoms with E-state index in [4.69, 9.17) is 9.47 Å². The summed E-state index contributed by atoms with van der Waals surface area (Å²) in [5, 5.41) is 15.6. The van der Waals surface area contributed by atoms with E-state index >= 15 is 9.59 Å².